The minimum absolute atomic E-state index is 0.331. The van der Waals surface area contributed by atoms with Crippen molar-refractivity contribution in [2.24, 2.45) is 0 Å². The molecule has 1 heterocycles. The molecule has 3 heteroatoms. The monoisotopic (exact) mass is 234 g/mol. The van der Waals surface area contributed by atoms with E-state index in [4.69, 9.17) is 4.74 Å². The number of ether oxygens (including phenoxy) is 1. The van der Waals surface area contributed by atoms with Gasteiger partial charge in [-0.25, -0.2) is 0 Å². The molecule has 0 saturated carbocycles. The van der Waals surface area contributed by atoms with Gasteiger partial charge in [-0.3, -0.25) is 0 Å². The number of piperazine rings is 1. The topological polar surface area (TPSA) is 33.3 Å². The van der Waals surface area contributed by atoms with E-state index in [0.717, 1.165) is 18.8 Å². The van der Waals surface area contributed by atoms with E-state index >= 15 is 0 Å². The van der Waals surface area contributed by atoms with Crippen LogP contribution in [0.2, 0.25) is 0 Å². The number of benzene rings is 1. The van der Waals surface area contributed by atoms with Crippen LogP contribution < -0.4 is 15.4 Å². The minimum atomic E-state index is 0.331. The molecule has 0 bridgehead atoms. The van der Waals surface area contributed by atoms with Crippen LogP contribution in [0.5, 0.6) is 5.75 Å². The molecule has 2 unspecified atom stereocenters. The zero-order valence-electron chi connectivity index (χ0n) is 11.1. The maximum atomic E-state index is 5.56. The van der Waals surface area contributed by atoms with Gasteiger partial charge in [-0.05, 0) is 26.3 Å². The zero-order chi connectivity index (χ0) is 12.4. The summed E-state index contributed by atoms with van der Waals surface area (Å²) in [6, 6.07) is 5.16. The van der Waals surface area contributed by atoms with Gasteiger partial charge in [0.05, 0.1) is 13.2 Å². The summed E-state index contributed by atoms with van der Waals surface area (Å²) >= 11 is 0. The lowest BCUT2D eigenvalue weighted by molar-refractivity contribution is 0.329. The van der Waals surface area contributed by atoms with Gasteiger partial charge in [-0.15, -0.1) is 0 Å². The molecule has 1 aliphatic heterocycles. The predicted octanol–water partition coefficient (Wildman–Crippen LogP) is 1.93. The summed E-state index contributed by atoms with van der Waals surface area (Å²) in [6.45, 7) is 8.50. The molecule has 2 atom stereocenters. The van der Waals surface area contributed by atoms with Gasteiger partial charge in [0.2, 0.25) is 0 Å². The quantitative estimate of drug-likeness (QED) is 0.820. The van der Waals surface area contributed by atoms with Crippen molar-refractivity contribution >= 4 is 0 Å². The van der Waals surface area contributed by atoms with E-state index in [9.17, 15) is 0 Å². The van der Waals surface area contributed by atoms with Gasteiger partial charge >= 0.3 is 0 Å². The van der Waals surface area contributed by atoms with Crippen LogP contribution in [0, 0.1) is 13.8 Å². The molecular formula is C14H22N2O. The van der Waals surface area contributed by atoms with E-state index < -0.39 is 0 Å². The average molecular weight is 234 g/mol. The first-order valence-corrected chi connectivity index (χ1v) is 6.25. The van der Waals surface area contributed by atoms with Gasteiger partial charge in [0.15, 0.2) is 0 Å². The SMILES string of the molecule is COc1c(C)cc(C)cc1C1NCCNC1C. The normalized spacial score (nSPS) is 24.7. The van der Waals surface area contributed by atoms with Gasteiger partial charge in [-0.2, -0.15) is 0 Å². The maximum Gasteiger partial charge on any atom is 0.126 e. The van der Waals surface area contributed by atoms with Crippen molar-refractivity contribution in [2.45, 2.75) is 32.9 Å². The van der Waals surface area contributed by atoms with Gasteiger partial charge < -0.3 is 15.4 Å². The fourth-order valence-electron chi connectivity index (χ4n) is 2.70. The average Bonchev–Trinajstić information content (AvgIpc) is 2.28. The van der Waals surface area contributed by atoms with E-state index in [2.05, 4.69) is 43.5 Å². The third kappa shape index (κ3) is 2.45. The Kier molecular flexibility index (Phi) is 3.69. The number of methoxy groups -OCH3 is 1. The highest BCUT2D eigenvalue weighted by molar-refractivity contribution is 5.46. The highest BCUT2D eigenvalue weighted by Gasteiger charge is 2.25. The smallest absolute Gasteiger partial charge is 0.126 e. The molecule has 1 aliphatic rings. The van der Waals surface area contributed by atoms with E-state index in [1.807, 2.05) is 0 Å². The molecule has 1 aromatic carbocycles. The lowest BCUT2D eigenvalue weighted by Gasteiger charge is -2.33. The second kappa shape index (κ2) is 5.07. The lowest BCUT2D eigenvalue weighted by atomic mass is 9.94. The van der Waals surface area contributed by atoms with Gasteiger partial charge in [-0.1, -0.05) is 17.7 Å². The highest BCUT2D eigenvalue weighted by Crippen LogP contribution is 2.32. The standard InChI is InChI=1S/C14H22N2O/c1-9-7-10(2)14(17-4)12(8-9)13-11(3)15-5-6-16-13/h7-8,11,13,15-16H,5-6H2,1-4H3. The van der Waals surface area contributed by atoms with E-state index in [0.29, 0.717) is 12.1 Å². The summed E-state index contributed by atoms with van der Waals surface area (Å²) < 4.78 is 5.56. The molecule has 0 spiro atoms. The van der Waals surface area contributed by atoms with Crippen LogP contribution in [0.4, 0.5) is 0 Å². The van der Waals surface area contributed by atoms with Crippen LogP contribution in [0.15, 0.2) is 12.1 Å². The van der Waals surface area contributed by atoms with E-state index in [1.165, 1.54) is 16.7 Å². The second-order valence-electron chi connectivity index (χ2n) is 4.88. The fourth-order valence-corrected chi connectivity index (χ4v) is 2.70. The Labute approximate surface area is 104 Å². The van der Waals surface area contributed by atoms with E-state index in [1.54, 1.807) is 7.11 Å². The van der Waals surface area contributed by atoms with Crippen LogP contribution in [0.1, 0.15) is 29.7 Å². The molecule has 0 aliphatic carbocycles. The number of rotatable bonds is 2. The fraction of sp³-hybridized carbons (Fsp3) is 0.571. The first-order valence-electron chi connectivity index (χ1n) is 6.25. The van der Waals surface area contributed by atoms with Crippen molar-refractivity contribution in [3.8, 4) is 5.75 Å². The van der Waals surface area contributed by atoms with Crippen LogP contribution in [-0.2, 0) is 0 Å². The Morgan fingerprint density at radius 3 is 2.53 bits per heavy atom. The summed E-state index contributed by atoms with van der Waals surface area (Å²) in [5.74, 6) is 1.02. The van der Waals surface area contributed by atoms with Crippen LogP contribution in [0.25, 0.3) is 0 Å². The Balaban J connectivity index is 2.42. The van der Waals surface area contributed by atoms with Gasteiger partial charge in [0, 0.05) is 24.7 Å². The Hall–Kier alpha value is -1.06. The molecule has 3 nitrogen and oxygen atoms in total. The second-order valence-corrected chi connectivity index (χ2v) is 4.88. The van der Waals surface area contributed by atoms with Gasteiger partial charge in [0.1, 0.15) is 5.75 Å². The number of hydrogen-bond acceptors (Lipinski definition) is 3. The van der Waals surface area contributed by atoms with Gasteiger partial charge in [0.25, 0.3) is 0 Å². The van der Waals surface area contributed by atoms with Crippen LogP contribution in [0.3, 0.4) is 0 Å². The Morgan fingerprint density at radius 1 is 1.18 bits per heavy atom. The molecule has 1 fully saturated rings. The predicted molar refractivity (Wildman–Crippen MR) is 70.7 cm³/mol. The molecule has 94 valence electrons. The molecule has 0 radical (unpaired) electrons. The molecule has 1 aromatic rings. The van der Waals surface area contributed by atoms with Crippen molar-refractivity contribution in [2.75, 3.05) is 20.2 Å². The summed E-state index contributed by atoms with van der Waals surface area (Å²) in [6.07, 6.45) is 0. The molecule has 0 aromatic heterocycles. The van der Waals surface area contributed by atoms with Crippen molar-refractivity contribution in [3.05, 3.63) is 28.8 Å². The largest absolute Gasteiger partial charge is 0.496 e. The Morgan fingerprint density at radius 2 is 1.88 bits per heavy atom. The first kappa shape index (κ1) is 12.4. The highest BCUT2D eigenvalue weighted by atomic mass is 16.5. The summed E-state index contributed by atoms with van der Waals surface area (Å²) in [5.41, 5.74) is 3.77. The molecule has 1 saturated heterocycles. The number of aryl methyl sites for hydroxylation is 2. The van der Waals surface area contributed by atoms with Crippen molar-refractivity contribution < 1.29 is 4.74 Å². The summed E-state index contributed by atoms with van der Waals surface area (Å²) in [7, 11) is 1.75. The summed E-state index contributed by atoms with van der Waals surface area (Å²) in [4.78, 5) is 0. The molecule has 17 heavy (non-hydrogen) atoms. The number of nitrogens with one attached hydrogen (secondary N) is 2. The maximum absolute atomic E-state index is 5.56. The number of hydrogen-bond donors (Lipinski definition) is 2. The zero-order valence-corrected chi connectivity index (χ0v) is 11.1. The first-order chi connectivity index (χ1) is 8.13. The Bertz CT molecular complexity index is 403. The van der Waals surface area contributed by atoms with Crippen molar-refractivity contribution in [1.82, 2.24) is 10.6 Å². The third-order valence-corrected chi connectivity index (χ3v) is 3.44. The van der Waals surface area contributed by atoms with Crippen LogP contribution >= 0.6 is 0 Å². The van der Waals surface area contributed by atoms with Crippen molar-refractivity contribution in [1.29, 1.82) is 0 Å². The minimum Gasteiger partial charge on any atom is -0.496 e. The van der Waals surface area contributed by atoms with E-state index in [-0.39, 0.29) is 0 Å². The molecule has 0 amide bonds. The van der Waals surface area contributed by atoms with Crippen LogP contribution in [-0.4, -0.2) is 26.2 Å². The molecule has 2 N–H and O–H groups in total. The molecular weight excluding hydrogens is 212 g/mol. The lowest BCUT2D eigenvalue weighted by Crippen LogP contribution is -2.49. The summed E-state index contributed by atoms with van der Waals surface area (Å²) in [5, 5.41) is 7.07. The third-order valence-electron chi connectivity index (χ3n) is 3.44. The van der Waals surface area contributed by atoms with Crippen molar-refractivity contribution in [3.63, 3.8) is 0 Å². The molecule has 2 rings (SSSR count).